The lowest BCUT2D eigenvalue weighted by molar-refractivity contribution is -0.137. The van der Waals surface area contributed by atoms with Crippen LogP contribution in [-0.2, 0) is 54.4 Å². The average Bonchev–Trinajstić information content (AvgIpc) is 4.03. The van der Waals surface area contributed by atoms with Gasteiger partial charge in [0.1, 0.15) is 5.78 Å². The SMILES string of the molecule is CC[C@@H](C)[C@@H](CC(=O)[C@@H](CC(N)=O)NC(=O)[C@@H](CCCN=C(N)N)CC(=O)[C@H](C)CC(C)C)C(=O)N[C@@H](C(=O)C[C@H](CC1=CN=CC1)C(=O)N[C@H](Cc1c[nH]c2ccccc12)C(=O)C[C@H](CC(N)=O)C(N)=O)[C@H](C)CC. The van der Waals surface area contributed by atoms with Gasteiger partial charge in [-0.3, -0.25) is 57.9 Å². The predicted molar refractivity (Wildman–Crippen MR) is 290 cm³/mol. The third-order valence-corrected chi connectivity index (χ3v) is 14.4. The van der Waals surface area contributed by atoms with Gasteiger partial charge in [0.05, 0.1) is 30.5 Å². The number of guanidine groups is 1. The maximum Gasteiger partial charge on any atom is 0.224 e. The third-order valence-electron chi connectivity index (χ3n) is 14.4. The van der Waals surface area contributed by atoms with E-state index in [1.807, 2.05) is 52.0 Å². The third kappa shape index (κ3) is 20.6. The number of aromatic amines is 1. The highest BCUT2D eigenvalue weighted by atomic mass is 16.2. The van der Waals surface area contributed by atoms with Crippen molar-refractivity contribution in [3.05, 3.63) is 47.8 Å². The molecule has 0 spiro atoms. The molecule has 1 aliphatic rings. The van der Waals surface area contributed by atoms with Crippen molar-refractivity contribution in [1.29, 1.82) is 0 Å². The molecule has 1 aliphatic heterocycles. The molecule has 0 bridgehead atoms. The molecule has 0 saturated carbocycles. The number of benzene rings is 1. The number of nitrogens with one attached hydrogen (secondary N) is 4. The number of hydrogen-bond donors (Lipinski definition) is 9. The normalized spacial score (nSPS) is 16.1. The number of nitrogens with two attached hydrogens (primary N) is 5. The number of allylic oxidation sites excluding steroid dienone is 1. The molecule has 10 atom stereocenters. The minimum Gasteiger partial charge on any atom is -0.370 e. The van der Waals surface area contributed by atoms with Crippen molar-refractivity contribution in [2.24, 2.45) is 86.0 Å². The molecule has 6 amide bonds. The Morgan fingerprint density at radius 3 is 1.86 bits per heavy atom. The Labute approximate surface area is 446 Å². The lowest BCUT2D eigenvalue weighted by Crippen LogP contribution is -2.51. The second-order valence-corrected chi connectivity index (χ2v) is 21.1. The largest absolute Gasteiger partial charge is 0.370 e. The molecule has 0 aliphatic carbocycles. The zero-order valence-electron chi connectivity index (χ0n) is 45.4. The molecular weight excluding hydrogens is 975 g/mol. The first-order valence-corrected chi connectivity index (χ1v) is 26.5. The minimum absolute atomic E-state index is 0.0208. The summed E-state index contributed by atoms with van der Waals surface area (Å²) in [7, 11) is 0. The highest BCUT2D eigenvalue weighted by Crippen LogP contribution is 2.28. The second kappa shape index (κ2) is 31.1. The summed E-state index contributed by atoms with van der Waals surface area (Å²) in [5.74, 6) is -11.9. The van der Waals surface area contributed by atoms with Crippen molar-refractivity contribution in [3.8, 4) is 0 Å². The van der Waals surface area contributed by atoms with Crippen LogP contribution < -0.4 is 44.6 Å². The van der Waals surface area contributed by atoms with Gasteiger partial charge < -0.3 is 49.6 Å². The summed E-state index contributed by atoms with van der Waals surface area (Å²) in [6.45, 7) is 13.2. The number of rotatable bonds is 37. The van der Waals surface area contributed by atoms with Gasteiger partial charge in [0.2, 0.25) is 35.4 Å². The van der Waals surface area contributed by atoms with Crippen molar-refractivity contribution in [3.63, 3.8) is 0 Å². The van der Waals surface area contributed by atoms with E-state index < -0.39 is 132 Å². The molecule has 14 N–H and O–H groups in total. The fourth-order valence-corrected chi connectivity index (χ4v) is 9.54. The van der Waals surface area contributed by atoms with E-state index in [0.29, 0.717) is 37.7 Å². The van der Waals surface area contributed by atoms with Gasteiger partial charge in [0.15, 0.2) is 23.3 Å². The standard InChI is InChI=1S/C55H83N11O10/c1-8-31(5)40(26-46(69)43(27-49(57)72)65-52(74)35(13-12-17-62-55(59)60)22-44(67)33(7)19-30(3)4)54(76)66-50(32(6)9-2)47(70)24-37(20-34-16-18-61-28-34)53(75)64-42(45(68)23-36(51(58)73)25-48(56)71)21-38-29-63-41-15-11-10-14-39(38)41/h10-11,14-15,18,28-33,35-37,40,42-43,50,63H,8-9,12-13,16-17,19-27H2,1-7H3,(H2,56,71)(H2,57,72)(H2,58,73)(H,64,75)(H,65,74)(H,66,76)(H4,59,60,62)/t31-,32-,33-,35+,36-,37+,40-,42-,43-,50-/m1/s1. The summed E-state index contributed by atoms with van der Waals surface area (Å²) in [4.78, 5) is 148. The Morgan fingerprint density at radius 1 is 0.658 bits per heavy atom. The Morgan fingerprint density at radius 2 is 1.26 bits per heavy atom. The molecule has 1 aromatic carbocycles. The number of para-hydroxylation sites is 1. The van der Waals surface area contributed by atoms with Gasteiger partial charge in [-0.2, -0.15) is 0 Å². The van der Waals surface area contributed by atoms with Crippen LogP contribution in [-0.4, -0.2) is 100 Å². The number of amides is 6. The first-order chi connectivity index (χ1) is 35.8. The van der Waals surface area contributed by atoms with Gasteiger partial charge >= 0.3 is 0 Å². The van der Waals surface area contributed by atoms with Crippen LogP contribution in [0.3, 0.4) is 0 Å². The molecular formula is C55H83N11O10. The molecule has 0 unspecified atom stereocenters. The van der Waals surface area contributed by atoms with E-state index in [9.17, 15) is 47.9 Å². The van der Waals surface area contributed by atoms with Crippen LogP contribution in [0.5, 0.6) is 0 Å². The molecule has 0 fully saturated rings. The molecule has 2 heterocycles. The quantitative estimate of drug-likeness (QED) is 0.0268. The highest BCUT2D eigenvalue weighted by molar-refractivity contribution is 5.99. The van der Waals surface area contributed by atoms with Crippen LogP contribution in [0.2, 0.25) is 0 Å². The molecule has 76 heavy (non-hydrogen) atoms. The number of ketones is 4. The number of Topliss-reactive ketones (excluding diaryl/α,β-unsaturated/α-hetero) is 4. The van der Waals surface area contributed by atoms with Crippen LogP contribution >= 0.6 is 0 Å². The van der Waals surface area contributed by atoms with Crippen molar-refractivity contribution in [1.82, 2.24) is 20.9 Å². The van der Waals surface area contributed by atoms with Gasteiger partial charge in [-0.15, -0.1) is 0 Å². The summed E-state index contributed by atoms with van der Waals surface area (Å²) < 4.78 is 0. The van der Waals surface area contributed by atoms with E-state index in [-0.39, 0.29) is 62.2 Å². The molecule has 21 heteroatoms. The summed E-state index contributed by atoms with van der Waals surface area (Å²) in [5.41, 5.74) is 29.7. The number of primary amides is 3. The van der Waals surface area contributed by atoms with Crippen molar-refractivity contribution in [2.45, 2.75) is 156 Å². The molecule has 2 aromatic rings. The first-order valence-electron chi connectivity index (χ1n) is 26.5. The summed E-state index contributed by atoms with van der Waals surface area (Å²) in [6.07, 6.45) is 4.88. The first kappa shape index (κ1) is 63.2. The topological polar surface area (TPSA) is 377 Å². The molecule has 21 nitrogen and oxygen atoms in total. The average molecular weight is 1060 g/mol. The van der Waals surface area contributed by atoms with Crippen LogP contribution in [0.1, 0.15) is 138 Å². The number of aromatic nitrogens is 1. The molecule has 3 rings (SSSR count). The fourth-order valence-electron chi connectivity index (χ4n) is 9.54. The maximum absolute atomic E-state index is 14.7. The zero-order chi connectivity index (χ0) is 56.8. The van der Waals surface area contributed by atoms with Gasteiger partial charge in [0.25, 0.3) is 0 Å². The van der Waals surface area contributed by atoms with Crippen LogP contribution in [0.4, 0.5) is 0 Å². The number of H-pyrrole nitrogens is 1. The monoisotopic (exact) mass is 1060 g/mol. The molecule has 0 saturated heterocycles. The smallest absolute Gasteiger partial charge is 0.224 e. The minimum atomic E-state index is -1.44. The maximum atomic E-state index is 14.7. The van der Waals surface area contributed by atoms with Gasteiger partial charge in [0, 0.05) is 105 Å². The number of carbonyl (C=O) groups is 10. The lowest BCUT2D eigenvalue weighted by Gasteiger charge is -2.30. The van der Waals surface area contributed by atoms with Crippen LogP contribution in [0.15, 0.2) is 52.2 Å². The van der Waals surface area contributed by atoms with E-state index in [1.165, 1.54) is 0 Å². The molecule has 1 aromatic heterocycles. The Balaban J connectivity index is 1.94. The zero-order valence-corrected chi connectivity index (χ0v) is 45.4. The molecule has 0 radical (unpaired) electrons. The van der Waals surface area contributed by atoms with Crippen molar-refractivity contribution < 1.29 is 47.9 Å². The van der Waals surface area contributed by atoms with E-state index >= 15 is 0 Å². The van der Waals surface area contributed by atoms with Gasteiger partial charge in [-0.25, -0.2) is 0 Å². The second-order valence-electron chi connectivity index (χ2n) is 21.1. The van der Waals surface area contributed by atoms with Crippen molar-refractivity contribution in [2.75, 3.05) is 6.54 Å². The van der Waals surface area contributed by atoms with E-state index in [1.54, 1.807) is 39.4 Å². The fraction of sp³-hybridized carbons (Fsp3) is 0.600. The molecule has 418 valence electrons. The summed E-state index contributed by atoms with van der Waals surface area (Å²) >= 11 is 0. The van der Waals surface area contributed by atoms with Gasteiger partial charge in [-0.05, 0) is 60.6 Å². The number of fused-ring (bicyclic) bond motifs is 1. The highest BCUT2D eigenvalue weighted by Gasteiger charge is 2.38. The van der Waals surface area contributed by atoms with E-state index in [4.69, 9.17) is 28.7 Å². The Kier molecular flexibility index (Phi) is 25.9. The Hall–Kier alpha value is -7.06. The summed E-state index contributed by atoms with van der Waals surface area (Å²) in [5, 5.41) is 9.21. The predicted octanol–water partition coefficient (Wildman–Crippen LogP) is 3.28. The van der Waals surface area contributed by atoms with Crippen LogP contribution in [0.25, 0.3) is 10.9 Å². The van der Waals surface area contributed by atoms with Crippen molar-refractivity contribution >= 4 is 81.7 Å². The van der Waals surface area contributed by atoms with Crippen LogP contribution in [0, 0.1) is 47.3 Å². The van der Waals surface area contributed by atoms with Gasteiger partial charge in [-0.1, -0.05) is 79.5 Å². The van der Waals surface area contributed by atoms with E-state index in [0.717, 1.165) is 16.5 Å². The summed E-state index contributed by atoms with van der Waals surface area (Å²) in [6, 6.07) is 3.52. The number of carbonyl (C=O) groups excluding carboxylic acids is 10. The number of aliphatic imine (C=N–C) groups is 2. The lowest BCUT2D eigenvalue weighted by atomic mass is 9.83. The number of hydrogen-bond acceptors (Lipinski definition) is 12. The number of nitrogens with zero attached hydrogens (tertiary/aromatic N) is 2. The Bertz CT molecular complexity index is 2480. The van der Waals surface area contributed by atoms with E-state index in [2.05, 4.69) is 30.9 Å².